The molecule has 0 amide bonds. The molecular weight excluding hydrogens is 344 g/mol. The first-order valence-corrected chi connectivity index (χ1v) is 10.1. The van der Waals surface area contributed by atoms with Gasteiger partial charge in [0, 0.05) is 4.88 Å². The number of rotatable bonds is 4. The van der Waals surface area contributed by atoms with Gasteiger partial charge in [0.2, 0.25) is 0 Å². The van der Waals surface area contributed by atoms with Crippen molar-refractivity contribution < 1.29 is 4.74 Å². The average molecular weight is 369 g/mol. The number of aryl methyl sites for hydroxylation is 1. The van der Waals surface area contributed by atoms with Gasteiger partial charge in [-0.15, -0.1) is 11.3 Å². The Hall–Kier alpha value is -1.98. The average Bonchev–Trinajstić information content (AvgIpc) is 2.99. The number of ether oxygens (including phenoxy) is 1. The fourth-order valence-corrected chi connectivity index (χ4v) is 5.04. The lowest BCUT2D eigenvalue weighted by Crippen LogP contribution is -2.26. The number of aromatic amines is 1. The van der Waals surface area contributed by atoms with E-state index in [-0.39, 0.29) is 11.7 Å². The van der Waals surface area contributed by atoms with E-state index < -0.39 is 0 Å². The van der Waals surface area contributed by atoms with Crippen LogP contribution in [0.4, 0.5) is 0 Å². The summed E-state index contributed by atoms with van der Waals surface area (Å²) in [6.45, 7) is 4.62. The van der Waals surface area contributed by atoms with E-state index in [9.17, 15) is 4.79 Å². The van der Waals surface area contributed by atoms with Crippen LogP contribution >= 0.6 is 11.3 Å². The SMILES string of the molecule is Cc1c(-c2ccccc2)sc2nc(COC3CCCCC3C)[nH]c(=O)c12. The standard InChI is InChI=1S/C21H24N2O2S/c1-13-8-6-7-11-16(13)25-12-17-22-20(24)18-14(2)19(26-21(18)23-17)15-9-4-3-5-10-15/h3-5,9-10,13,16H,6-8,11-12H2,1-2H3,(H,22,23,24). The molecule has 1 aromatic carbocycles. The molecule has 5 heteroatoms. The Kier molecular flexibility index (Phi) is 4.92. The van der Waals surface area contributed by atoms with Gasteiger partial charge in [0.25, 0.3) is 5.56 Å². The van der Waals surface area contributed by atoms with Crippen LogP contribution in [0.2, 0.25) is 0 Å². The van der Waals surface area contributed by atoms with Crippen molar-refractivity contribution in [2.45, 2.75) is 52.2 Å². The summed E-state index contributed by atoms with van der Waals surface area (Å²) in [5.74, 6) is 1.20. The first-order chi connectivity index (χ1) is 12.6. The molecule has 0 aliphatic heterocycles. The van der Waals surface area contributed by atoms with Crippen molar-refractivity contribution in [1.29, 1.82) is 0 Å². The van der Waals surface area contributed by atoms with Crippen LogP contribution in [0, 0.1) is 12.8 Å². The third-order valence-electron chi connectivity index (χ3n) is 5.35. The zero-order chi connectivity index (χ0) is 18.1. The van der Waals surface area contributed by atoms with Gasteiger partial charge >= 0.3 is 0 Å². The molecule has 2 heterocycles. The molecule has 26 heavy (non-hydrogen) atoms. The highest BCUT2D eigenvalue weighted by atomic mass is 32.1. The molecule has 1 N–H and O–H groups in total. The summed E-state index contributed by atoms with van der Waals surface area (Å²) in [4.78, 5) is 22.2. The second kappa shape index (κ2) is 7.33. The van der Waals surface area contributed by atoms with E-state index in [1.165, 1.54) is 19.3 Å². The van der Waals surface area contributed by atoms with Gasteiger partial charge in [-0.25, -0.2) is 4.98 Å². The molecule has 3 aromatic rings. The molecule has 4 rings (SSSR count). The summed E-state index contributed by atoms with van der Waals surface area (Å²) in [7, 11) is 0. The van der Waals surface area contributed by atoms with Gasteiger partial charge in [-0.2, -0.15) is 0 Å². The van der Waals surface area contributed by atoms with Crippen molar-refractivity contribution in [2.24, 2.45) is 5.92 Å². The van der Waals surface area contributed by atoms with Crippen LogP contribution in [0.5, 0.6) is 0 Å². The zero-order valence-corrected chi connectivity index (χ0v) is 16.1. The Morgan fingerprint density at radius 1 is 1.23 bits per heavy atom. The third kappa shape index (κ3) is 3.33. The van der Waals surface area contributed by atoms with Gasteiger partial charge in [0.15, 0.2) is 0 Å². The summed E-state index contributed by atoms with van der Waals surface area (Å²) in [6, 6.07) is 10.2. The van der Waals surface area contributed by atoms with Crippen molar-refractivity contribution in [3.8, 4) is 10.4 Å². The molecule has 4 nitrogen and oxygen atoms in total. The minimum Gasteiger partial charge on any atom is -0.370 e. The number of hydrogen-bond donors (Lipinski definition) is 1. The van der Waals surface area contributed by atoms with Crippen molar-refractivity contribution in [3.05, 3.63) is 52.1 Å². The predicted octanol–water partition coefficient (Wildman–Crippen LogP) is 5.06. The van der Waals surface area contributed by atoms with Crippen molar-refractivity contribution in [3.63, 3.8) is 0 Å². The van der Waals surface area contributed by atoms with E-state index in [2.05, 4.69) is 24.0 Å². The Morgan fingerprint density at radius 3 is 2.77 bits per heavy atom. The van der Waals surface area contributed by atoms with Gasteiger partial charge < -0.3 is 9.72 Å². The monoisotopic (exact) mass is 368 g/mol. The molecular formula is C21H24N2O2S. The summed E-state index contributed by atoms with van der Waals surface area (Å²) >= 11 is 1.58. The molecule has 1 fully saturated rings. The first-order valence-electron chi connectivity index (χ1n) is 9.33. The van der Waals surface area contributed by atoms with Crippen LogP contribution in [0.25, 0.3) is 20.7 Å². The molecule has 2 atom stereocenters. The molecule has 0 bridgehead atoms. The lowest BCUT2D eigenvalue weighted by Gasteiger charge is -2.28. The number of fused-ring (bicyclic) bond motifs is 1. The number of thiophene rings is 1. The van der Waals surface area contributed by atoms with E-state index >= 15 is 0 Å². The van der Waals surface area contributed by atoms with E-state index in [0.29, 0.717) is 23.7 Å². The van der Waals surface area contributed by atoms with Crippen LogP contribution in [-0.2, 0) is 11.3 Å². The lowest BCUT2D eigenvalue weighted by molar-refractivity contribution is -0.0181. The smallest absolute Gasteiger partial charge is 0.260 e. The quantitative estimate of drug-likeness (QED) is 0.701. The van der Waals surface area contributed by atoms with Gasteiger partial charge in [0.1, 0.15) is 17.3 Å². The van der Waals surface area contributed by atoms with Gasteiger partial charge in [-0.3, -0.25) is 4.79 Å². The molecule has 1 saturated carbocycles. The van der Waals surface area contributed by atoms with Crippen LogP contribution in [-0.4, -0.2) is 16.1 Å². The predicted molar refractivity (Wildman–Crippen MR) is 107 cm³/mol. The highest BCUT2D eigenvalue weighted by molar-refractivity contribution is 7.22. The molecule has 1 aliphatic carbocycles. The largest absolute Gasteiger partial charge is 0.370 e. The van der Waals surface area contributed by atoms with E-state index in [4.69, 9.17) is 9.72 Å². The number of hydrogen-bond acceptors (Lipinski definition) is 4. The summed E-state index contributed by atoms with van der Waals surface area (Å²) in [6.07, 6.45) is 5.11. The summed E-state index contributed by atoms with van der Waals surface area (Å²) in [5.41, 5.74) is 2.06. The minimum absolute atomic E-state index is 0.0683. The van der Waals surface area contributed by atoms with Crippen LogP contribution in [0.3, 0.4) is 0 Å². The molecule has 0 radical (unpaired) electrons. The van der Waals surface area contributed by atoms with E-state index in [1.54, 1.807) is 11.3 Å². The maximum atomic E-state index is 12.6. The topological polar surface area (TPSA) is 55.0 Å². The Balaban J connectivity index is 1.63. The third-order valence-corrected chi connectivity index (χ3v) is 6.59. The Labute approximate surface area is 157 Å². The van der Waals surface area contributed by atoms with Crippen molar-refractivity contribution >= 4 is 21.6 Å². The molecule has 0 saturated heterocycles. The zero-order valence-electron chi connectivity index (χ0n) is 15.2. The molecule has 0 spiro atoms. The van der Waals surface area contributed by atoms with Crippen LogP contribution in [0.1, 0.15) is 44.0 Å². The minimum atomic E-state index is -0.0683. The van der Waals surface area contributed by atoms with Crippen LogP contribution < -0.4 is 5.56 Å². The normalized spacial score (nSPS) is 20.5. The van der Waals surface area contributed by atoms with Gasteiger partial charge in [-0.1, -0.05) is 50.1 Å². The number of H-pyrrole nitrogens is 1. The van der Waals surface area contributed by atoms with Gasteiger partial charge in [0.05, 0.1) is 11.5 Å². The Morgan fingerprint density at radius 2 is 2.00 bits per heavy atom. The number of nitrogens with one attached hydrogen (secondary N) is 1. The summed E-state index contributed by atoms with van der Waals surface area (Å²) < 4.78 is 6.08. The fourth-order valence-electron chi connectivity index (χ4n) is 3.84. The van der Waals surface area contributed by atoms with E-state index in [1.807, 2.05) is 25.1 Å². The number of aromatic nitrogens is 2. The number of nitrogens with zero attached hydrogens (tertiary/aromatic N) is 1. The second-order valence-electron chi connectivity index (χ2n) is 7.23. The lowest BCUT2D eigenvalue weighted by atomic mass is 9.88. The number of benzene rings is 1. The van der Waals surface area contributed by atoms with Gasteiger partial charge in [-0.05, 0) is 36.8 Å². The second-order valence-corrected chi connectivity index (χ2v) is 8.23. The Bertz CT molecular complexity index is 961. The van der Waals surface area contributed by atoms with E-state index in [0.717, 1.165) is 27.3 Å². The molecule has 2 aromatic heterocycles. The fraction of sp³-hybridized carbons (Fsp3) is 0.429. The molecule has 1 aliphatic rings. The maximum absolute atomic E-state index is 12.6. The maximum Gasteiger partial charge on any atom is 0.260 e. The highest BCUT2D eigenvalue weighted by Crippen LogP contribution is 2.35. The van der Waals surface area contributed by atoms with Crippen LogP contribution in [0.15, 0.2) is 35.1 Å². The van der Waals surface area contributed by atoms with Crippen molar-refractivity contribution in [2.75, 3.05) is 0 Å². The van der Waals surface area contributed by atoms with Crippen molar-refractivity contribution in [1.82, 2.24) is 9.97 Å². The first kappa shape index (κ1) is 17.4. The highest BCUT2D eigenvalue weighted by Gasteiger charge is 2.22. The molecule has 2 unspecified atom stereocenters. The molecule has 136 valence electrons. The summed E-state index contributed by atoms with van der Waals surface area (Å²) in [5, 5.41) is 0.698.